The fourth-order valence-electron chi connectivity index (χ4n) is 1.89. The van der Waals surface area contributed by atoms with Gasteiger partial charge in [-0.15, -0.1) is 0 Å². The Morgan fingerprint density at radius 1 is 1.33 bits per heavy atom. The Morgan fingerprint density at radius 2 is 1.87 bits per heavy atom. The van der Waals surface area contributed by atoms with Gasteiger partial charge in [0.1, 0.15) is 5.54 Å². The Hall–Kier alpha value is -0.590. The molecule has 0 aromatic carbocycles. The largest absolute Gasteiger partial charge is 0.303 e. The third kappa shape index (κ3) is 4.19. The first-order valence-corrected chi connectivity index (χ1v) is 6.09. The Bertz CT molecular complexity index is 188. The van der Waals surface area contributed by atoms with Gasteiger partial charge in [0.15, 0.2) is 0 Å². The topological polar surface area (TPSA) is 39.1 Å². The number of nitrogens with one attached hydrogen (secondary N) is 1. The number of nitriles is 1. The van der Waals surface area contributed by atoms with Crippen LogP contribution in [0.4, 0.5) is 0 Å². The van der Waals surface area contributed by atoms with Crippen molar-refractivity contribution in [3.63, 3.8) is 0 Å². The van der Waals surface area contributed by atoms with Gasteiger partial charge in [-0.05, 0) is 32.9 Å². The van der Waals surface area contributed by atoms with E-state index in [9.17, 15) is 0 Å². The van der Waals surface area contributed by atoms with Crippen molar-refractivity contribution in [2.75, 3.05) is 26.7 Å². The Morgan fingerprint density at radius 3 is 2.20 bits per heavy atom. The minimum Gasteiger partial charge on any atom is -0.303 e. The molecule has 15 heavy (non-hydrogen) atoms. The Kier molecular flexibility index (Phi) is 7.37. The summed E-state index contributed by atoms with van der Waals surface area (Å²) in [5.74, 6) is 0. The zero-order chi connectivity index (χ0) is 11.7. The van der Waals surface area contributed by atoms with Crippen LogP contribution < -0.4 is 5.32 Å². The molecule has 1 aliphatic heterocycles. The predicted octanol–water partition coefficient (Wildman–Crippen LogP) is 2.00. The van der Waals surface area contributed by atoms with Gasteiger partial charge in [0.2, 0.25) is 0 Å². The van der Waals surface area contributed by atoms with E-state index in [1.165, 1.54) is 13.0 Å². The van der Waals surface area contributed by atoms with E-state index >= 15 is 0 Å². The lowest BCUT2D eigenvalue weighted by Gasteiger charge is -2.36. The summed E-state index contributed by atoms with van der Waals surface area (Å²) in [6.45, 7) is 9.49. The first kappa shape index (κ1) is 14.4. The summed E-state index contributed by atoms with van der Waals surface area (Å²) in [6.07, 6.45) is 3.12. The molecule has 1 N–H and O–H groups in total. The lowest BCUT2D eigenvalue weighted by atomic mass is 9.89. The van der Waals surface area contributed by atoms with E-state index in [0.29, 0.717) is 0 Å². The molecule has 0 spiro atoms. The van der Waals surface area contributed by atoms with E-state index in [0.717, 1.165) is 25.9 Å². The molecule has 88 valence electrons. The van der Waals surface area contributed by atoms with Crippen LogP contribution in [0.1, 0.15) is 40.0 Å². The van der Waals surface area contributed by atoms with Crippen LogP contribution in [0.15, 0.2) is 0 Å². The molecular weight excluding hydrogens is 186 g/mol. The number of hydrogen-bond donors (Lipinski definition) is 1. The normalized spacial score (nSPS) is 19.9. The highest BCUT2D eigenvalue weighted by Gasteiger charge is 2.32. The fourth-order valence-corrected chi connectivity index (χ4v) is 1.89. The molecule has 1 rings (SSSR count). The lowest BCUT2D eigenvalue weighted by molar-refractivity contribution is 0.172. The molecule has 0 radical (unpaired) electrons. The second-order valence-electron chi connectivity index (χ2n) is 3.79. The minimum absolute atomic E-state index is 0.246. The van der Waals surface area contributed by atoms with Crippen molar-refractivity contribution < 1.29 is 0 Å². The average Bonchev–Trinajstić information content (AvgIpc) is 2.33. The van der Waals surface area contributed by atoms with Gasteiger partial charge in [-0.2, -0.15) is 5.26 Å². The van der Waals surface area contributed by atoms with Gasteiger partial charge in [0.25, 0.3) is 0 Å². The molecule has 0 unspecified atom stereocenters. The van der Waals surface area contributed by atoms with Crippen LogP contribution in [0.2, 0.25) is 0 Å². The number of rotatable bonds is 3. The first-order valence-electron chi connectivity index (χ1n) is 6.09. The van der Waals surface area contributed by atoms with Gasteiger partial charge >= 0.3 is 0 Å². The van der Waals surface area contributed by atoms with Gasteiger partial charge < -0.3 is 10.2 Å². The third-order valence-electron chi connectivity index (χ3n) is 2.94. The summed E-state index contributed by atoms with van der Waals surface area (Å²) in [4.78, 5) is 2.44. The molecule has 1 aliphatic rings. The molecule has 0 amide bonds. The zero-order valence-corrected chi connectivity index (χ0v) is 10.6. The summed E-state index contributed by atoms with van der Waals surface area (Å²) in [7, 11) is 1.89. The molecule has 3 heteroatoms. The Balaban J connectivity index is 0.000000921. The van der Waals surface area contributed by atoms with Crippen molar-refractivity contribution >= 4 is 0 Å². The van der Waals surface area contributed by atoms with E-state index in [2.05, 4.69) is 23.2 Å². The molecule has 0 aromatic heterocycles. The molecule has 1 heterocycles. The van der Waals surface area contributed by atoms with Crippen molar-refractivity contribution in [2.24, 2.45) is 0 Å². The van der Waals surface area contributed by atoms with E-state index in [1.54, 1.807) is 0 Å². The number of piperidine rings is 1. The van der Waals surface area contributed by atoms with Gasteiger partial charge in [0, 0.05) is 13.1 Å². The highest BCUT2D eigenvalue weighted by Crippen LogP contribution is 2.20. The summed E-state index contributed by atoms with van der Waals surface area (Å²) < 4.78 is 0. The Labute approximate surface area is 94.5 Å². The molecule has 3 nitrogen and oxygen atoms in total. The molecule has 0 aliphatic carbocycles. The van der Waals surface area contributed by atoms with E-state index in [-0.39, 0.29) is 5.54 Å². The fraction of sp³-hybridized carbons (Fsp3) is 0.917. The van der Waals surface area contributed by atoms with Crippen LogP contribution in [-0.4, -0.2) is 37.1 Å². The monoisotopic (exact) mass is 211 g/mol. The maximum absolute atomic E-state index is 9.03. The SMILES string of the molecule is CC.CCCN1CCC(C#N)(NC)CC1. The first-order chi connectivity index (χ1) is 7.26. The summed E-state index contributed by atoms with van der Waals surface area (Å²) in [6, 6.07) is 2.39. The van der Waals surface area contributed by atoms with Gasteiger partial charge in [0.05, 0.1) is 6.07 Å². The van der Waals surface area contributed by atoms with E-state index in [4.69, 9.17) is 5.26 Å². The highest BCUT2D eigenvalue weighted by atomic mass is 15.1. The van der Waals surface area contributed by atoms with Crippen molar-refractivity contribution in [1.82, 2.24) is 10.2 Å². The van der Waals surface area contributed by atoms with Crippen LogP contribution in [-0.2, 0) is 0 Å². The molecule has 1 fully saturated rings. The van der Waals surface area contributed by atoms with Crippen molar-refractivity contribution in [3.8, 4) is 6.07 Å². The van der Waals surface area contributed by atoms with Crippen LogP contribution >= 0.6 is 0 Å². The van der Waals surface area contributed by atoms with Gasteiger partial charge in [-0.25, -0.2) is 0 Å². The standard InChI is InChI=1S/C10H19N3.C2H6/c1-3-6-13-7-4-10(9-11,12-2)5-8-13;1-2/h12H,3-8H2,1-2H3;1-2H3. The highest BCUT2D eigenvalue weighted by molar-refractivity contribution is 5.08. The molecule has 0 saturated carbocycles. The number of hydrogen-bond acceptors (Lipinski definition) is 3. The second kappa shape index (κ2) is 7.67. The van der Waals surface area contributed by atoms with Crippen LogP contribution in [0, 0.1) is 11.3 Å². The average molecular weight is 211 g/mol. The molecular formula is C12H25N3. The molecule has 0 atom stereocenters. The van der Waals surface area contributed by atoms with Crippen LogP contribution in [0.5, 0.6) is 0 Å². The smallest absolute Gasteiger partial charge is 0.108 e. The maximum atomic E-state index is 9.03. The van der Waals surface area contributed by atoms with Crippen molar-refractivity contribution in [1.29, 1.82) is 5.26 Å². The van der Waals surface area contributed by atoms with Crippen LogP contribution in [0.3, 0.4) is 0 Å². The van der Waals surface area contributed by atoms with Crippen LogP contribution in [0.25, 0.3) is 0 Å². The summed E-state index contributed by atoms with van der Waals surface area (Å²) in [5.41, 5.74) is -0.246. The van der Waals surface area contributed by atoms with Gasteiger partial charge in [-0.3, -0.25) is 0 Å². The van der Waals surface area contributed by atoms with E-state index in [1.807, 2.05) is 20.9 Å². The molecule has 0 aromatic rings. The second-order valence-corrected chi connectivity index (χ2v) is 3.79. The van der Waals surface area contributed by atoms with Crippen molar-refractivity contribution in [3.05, 3.63) is 0 Å². The van der Waals surface area contributed by atoms with Crippen molar-refractivity contribution in [2.45, 2.75) is 45.6 Å². The zero-order valence-electron chi connectivity index (χ0n) is 10.6. The number of nitrogens with zero attached hydrogens (tertiary/aromatic N) is 2. The third-order valence-corrected chi connectivity index (χ3v) is 2.94. The maximum Gasteiger partial charge on any atom is 0.108 e. The molecule has 1 saturated heterocycles. The summed E-state index contributed by atoms with van der Waals surface area (Å²) >= 11 is 0. The summed E-state index contributed by atoms with van der Waals surface area (Å²) in [5, 5.41) is 12.2. The lowest BCUT2D eigenvalue weighted by Crippen LogP contribution is -2.51. The minimum atomic E-state index is -0.246. The van der Waals surface area contributed by atoms with Gasteiger partial charge in [-0.1, -0.05) is 20.8 Å². The number of likely N-dealkylation sites (tertiary alicyclic amines) is 1. The predicted molar refractivity (Wildman–Crippen MR) is 64.7 cm³/mol. The molecule has 0 bridgehead atoms. The quantitative estimate of drug-likeness (QED) is 0.776. The van der Waals surface area contributed by atoms with E-state index < -0.39 is 0 Å².